The first-order valence-electron chi connectivity index (χ1n) is 8.07. The Morgan fingerprint density at radius 1 is 1.04 bits per heavy atom. The molecule has 0 fully saturated rings. The number of hydrogen-bond donors (Lipinski definition) is 0. The standard InChI is InChI=1S/C18H21NO5S/c1-3-19(25(20,21)16-7-5-15(22-2)6-8-16)13-14-4-9-17-18(12-14)24-11-10-23-17/h4-9,12H,3,10-11,13H2,1-2H3. The van der Waals surface area contributed by atoms with E-state index in [4.69, 9.17) is 14.2 Å². The smallest absolute Gasteiger partial charge is 0.243 e. The number of benzene rings is 2. The molecule has 25 heavy (non-hydrogen) atoms. The van der Waals surface area contributed by atoms with E-state index in [1.54, 1.807) is 31.4 Å². The lowest BCUT2D eigenvalue weighted by Crippen LogP contribution is -2.30. The van der Waals surface area contributed by atoms with Gasteiger partial charge in [-0.3, -0.25) is 0 Å². The van der Waals surface area contributed by atoms with E-state index in [9.17, 15) is 8.42 Å². The molecule has 2 aromatic carbocycles. The van der Waals surface area contributed by atoms with Gasteiger partial charge < -0.3 is 14.2 Å². The first kappa shape index (κ1) is 17.6. The Hall–Kier alpha value is -2.25. The molecule has 7 heteroatoms. The van der Waals surface area contributed by atoms with Crippen LogP contribution in [0, 0.1) is 0 Å². The van der Waals surface area contributed by atoms with Crippen molar-refractivity contribution in [3.8, 4) is 17.2 Å². The lowest BCUT2D eigenvalue weighted by Gasteiger charge is -2.23. The molecular weight excluding hydrogens is 342 g/mol. The summed E-state index contributed by atoms with van der Waals surface area (Å²) in [5.41, 5.74) is 0.850. The molecule has 1 heterocycles. The molecule has 1 aliphatic rings. The highest BCUT2D eigenvalue weighted by molar-refractivity contribution is 7.89. The topological polar surface area (TPSA) is 65.1 Å². The number of fused-ring (bicyclic) bond motifs is 1. The number of hydrogen-bond acceptors (Lipinski definition) is 5. The maximum atomic E-state index is 12.9. The Kier molecular flexibility index (Phi) is 5.15. The van der Waals surface area contributed by atoms with Gasteiger partial charge in [-0.15, -0.1) is 0 Å². The maximum absolute atomic E-state index is 12.9. The van der Waals surface area contributed by atoms with Gasteiger partial charge in [-0.05, 0) is 42.0 Å². The van der Waals surface area contributed by atoms with Gasteiger partial charge in [-0.2, -0.15) is 4.31 Å². The minimum atomic E-state index is -3.59. The first-order valence-corrected chi connectivity index (χ1v) is 9.51. The predicted molar refractivity (Wildman–Crippen MR) is 93.7 cm³/mol. The Morgan fingerprint density at radius 2 is 1.72 bits per heavy atom. The monoisotopic (exact) mass is 363 g/mol. The summed E-state index contributed by atoms with van der Waals surface area (Å²) in [6, 6.07) is 11.9. The van der Waals surface area contributed by atoms with E-state index in [0.29, 0.717) is 37.0 Å². The van der Waals surface area contributed by atoms with Gasteiger partial charge in [-0.25, -0.2) is 8.42 Å². The SMILES string of the molecule is CCN(Cc1ccc2c(c1)OCCO2)S(=O)(=O)c1ccc(OC)cc1. The van der Waals surface area contributed by atoms with Crippen molar-refractivity contribution in [3.63, 3.8) is 0 Å². The van der Waals surface area contributed by atoms with Gasteiger partial charge in [0, 0.05) is 13.1 Å². The van der Waals surface area contributed by atoms with Crippen molar-refractivity contribution in [1.29, 1.82) is 0 Å². The van der Waals surface area contributed by atoms with Gasteiger partial charge in [0.25, 0.3) is 0 Å². The number of nitrogens with zero attached hydrogens (tertiary/aromatic N) is 1. The number of rotatable bonds is 6. The van der Waals surface area contributed by atoms with Crippen LogP contribution in [0.1, 0.15) is 12.5 Å². The highest BCUT2D eigenvalue weighted by Crippen LogP contribution is 2.31. The minimum absolute atomic E-state index is 0.243. The molecule has 3 rings (SSSR count). The van der Waals surface area contributed by atoms with Crippen LogP contribution in [-0.4, -0.2) is 39.6 Å². The Bertz CT molecular complexity index is 833. The lowest BCUT2D eigenvalue weighted by molar-refractivity contribution is 0.171. The average molecular weight is 363 g/mol. The van der Waals surface area contributed by atoms with Crippen molar-refractivity contribution in [2.45, 2.75) is 18.4 Å². The third-order valence-corrected chi connectivity index (χ3v) is 5.95. The zero-order valence-corrected chi connectivity index (χ0v) is 15.1. The fraction of sp³-hybridized carbons (Fsp3) is 0.333. The molecule has 0 N–H and O–H groups in total. The Balaban J connectivity index is 1.83. The van der Waals surface area contributed by atoms with Gasteiger partial charge >= 0.3 is 0 Å². The van der Waals surface area contributed by atoms with Gasteiger partial charge in [0.2, 0.25) is 10.0 Å². The molecule has 0 amide bonds. The van der Waals surface area contributed by atoms with E-state index in [-0.39, 0.29) is 11.4 Å². The molecule has 0 saturated carbocycles. The van der Waals surface area contributed by atoms with Crippen LogP contribution in [0.2, 0.25) is 0 Å². The van der Waals surface area contributed by atoms with Crippen molar-refractivity contribution in [3.05, 3.63) is 48.0 Å². The van der Waals surface area contributed by atoms with E-state index in [1.807, 2.05) is 25.1 Å². The summed E-state index contributed by atoms with van der Waals surface area (Å²) < 4.78 is 43.4. The van der Waals surface area contributed by atoms with Crippen LogP contribution in [0.3, 0.4) is 0 Å². The zero-order valence-electron chi connectivity index (χ0n) is 14.3. The molecule has 0 radical (unpaired) electrons. The summed E-state index contributed by atoms with van der Waals surface area (Å²) in [5, 5.41) is 0. The van der Waals surface area contributed by atoms with Gasteiger partial charge in [-0.1, -0.05) is 13.0 Å². The molecule has 2 aromatic rings. The van der Waals surface area contributed by atoms with E-state index in [1.165, 1.54) is 4.31 Å². The lowest BCUT2D eigenvalue weighted by atomic mass is 10.2. The van der Waals surface area contributed by atoms with Crippen molar-refractivity contribution >= 4 is 10.0 Å². The second-order valence-corrected chi connectivity index (χ2v) is 7.52. The van der Waals surface area contributed by atoms with Gasteiger partial charge in [0.1, 0.15) is 19.0 Å². The van der Waals surface area contributed by atoms with Gasteiger partial charge in [0.15, 0.2) is 11.5 Å². The number of sulfonamides is 1. The molecule has 0 unspecified atom stereocenters. The van der Waals surface area contributed by atoms with Crippen LogP contribution in [0.5, 0.6) is 17.2 Å². The van der Waals surface area contributed by atoms with Crippen LogP contribution in [0.15, 0.2) is 47.4 Å². The second kappa shape index (κ2) is 7.33. The largest absolute Gasteiger partial charge is 0.497 e. The summed E-state index contributed by atoms with van der Waals surface area (Å²) in [7, 11) is -2.04. The van der Waals surface area contributed by atoms with Crippen LogP contribution in [-0.2, 0) is 16.6 Å². The van der Waals surface area contributed by atoms with Crippen LogP contribution < -0.4 is 14.2 Å². The fourth-order valence-electron chi connectivity index (χ4n) is 2.65. The molecule has 6 nitrogen and oxygen atoms in total. The third kappa shape index (κ3) is 3.72. The van der Waals surface area contributed by atoms with Crippen LogP contribution in [0.25, 0.3) is 0 Å². The van der Waals surface area contributed by atoms with Crippen molar-refractivity contribution in [2.24, 2.45) is 0 Å². The molecule has 134 valence electrons. The van der Waals surface area contributed by atoms with Gasteiger partial charge in [0.05, 0.1) is 12.0 Å². The van der Waals surface area contributed by atoms with Crippen LogP contribution >= 0.6 is 0 Å². The molecular formula is C18H21NO5S. The fourth-order valence-corrected chi connectivity index (χ4v) is 4.09. The Morgan fingerprint density at radius 3 is 2.36 bits per heavy atom. The normalized spacial score (nSPS) is 13.7. The van der Waals surface area contributed by atoms with E-state index >= 15 is 0 Å². The Labute approximate surface area is 148 Å². The van der Waals surface area contributed by atoms with E-state index < -0.39 is 10.0 Å². The zero-order chi connectivity index (χ0) is 17.9. The van der Waals surface area contributed by atoms with Crippen molar-refractivity contribution in [1.82, 2.24) is 4.31 Å². The highest BCUT2D eigenvalue weighted by Gasteiger charge is 2.24. The molecule has 0 aliphatic carbocycles. The first-order chi connectivity index (χ1) is 12.0. The highest BCUT2D eigenvalue weighted by atomic mass is 32.2. The average Bonchev–Trinajstić information content (AvgIpc) is 2.65. The molecule has 0 spiro atoms. The maximum Gasteiger partial charge on any atom is 0.243 e. The van der Waals surface area contributed by atoms with E-state index in [2.05, 4.69) is 0 Å². The quantitative estimate of drug-likeness (QED) is 0.789. The summed E-state index contributed by atoms with van der Waals surface area (Å²) in [6.07, 6.45) is 0. The molecule has 0 atom stereocenters. The molecule has 0 bridgehead atoms. The second-order valence-electron chi connectivity index (χ2n) is 5.58. The van der Waals surface area contributed by atoms with Crippen molar-refractivity contribution in [2.75, 3.05) is 26.9 Å². The third-order valence-electron chi connectivity index (χ3n) is 4.02. The number of ether oxygens (including phenoxy) is 3. The number of methoxy groups -OCH3 is 1. The van der Waals surface area contributed by atoms with E-state index in [0.717, 1.165) is 5.56 Å². The summed E-state index contributed by atoms with van der Waals surface area (Å²) in [6.45, 7) is 3.47. The molecule has 0 aromatic heterocycles. The van der Waals surface area contributed by atoms with Crippen molar-refractivity contribution < 1.29 is 22.6 Å². The summed E-state index contributed by atoms with van der Waals surface area (Å²) >= 11 is 0. The molecule has 0 saturated heterocycles. The predicted octanol–water partition coefficient (Wildman–Crippen LogP) is 2.68. The summed E-state index contributed by atoms with van der Waals surface area (Å²) in [5.74, 6) is 1.96. The minimum Gasteiger partial charge on any atom is -0.497 e. The molecule has 1 aliphatic heterocycles. The summed E-state index contributed by atoms with van der Waals surface area (Å²) in [4.78, 5) is 0.243. The van der Waals surface area contributed by atoms with Crippen LogP contribution in [0.4, 0.5) is 0 Å².